The predicted molar refractivity (Wildman–Crippen MR) is 141 cm³/mol. The molecule has 5 fully saturated rings. The predicted octanol–water partition coefficient (Wildman–Crippen LogP) is 6.40. The highest BCUT2D eigenvalue weighted by Crippen LogP contribution is 2.60. The summed E-state index contributed by atoms with van der Waals surface area (Å²) < 4.78 is 4.92. The number of halogens is 2. The number of nitrogens with zero attached hydrogens (tertiary/aromatic N) is 4. The van der Waals surface area contributed by atoms with Crippen molar-refractivity contribution in [1.29, 1.82) is 0 Å². The van der Waals surface area contributed by atoms with E-state index in [1.807, 2.05) is 0 Å². The molecule has 3 aromatic rings. The highest BCUT2D eigenvalue weighted by atomic mass is 79.9. The maximum atomic E-state index is 5.41. The second-order valence-corrected chi connectivity index (χ2v) is 11.0. The minimum Gasteiger partial charge on any atom is -0.308 e. The van der Waals surface area contributed by atoms with Crippen molar-refractivity contribution in [3.05, 3.63) is 36.2 Å². The normalized spacial score (nSPS) is 31.7. The number of hydrogen-bond acceptors (Lipinski definition) is 2. The van der Waals surface area contributed by atoms with E-state index in [4.69, 9.17) is 4.98 Å². The molecule has 0 radical (unpaired) electrons. The summed E-state index contributed by atoms with van der Waals surface area (Å²) in [5.74, 6) is 4.08. The third-order valence-electron chi connectivity index (χ3n) is 9.03. The smallest absolute Gasteiger partial charge is 0.215 e. The van der Waals surface area contributed by atoms with E-state index in [0.717, 1.165) is 30.8 Å². The van der Waals surface area contributed by atoms with Gasteiger partial charge in [0.25, 0.3) is 0 Å². The molecule has 1 aliphatic heterocycles. The Morgan fingerprint density at radius 1 is 0.812 bits per heavy atom. The third kappa shape index (κ3) is 3.60. The van der Waals surface area contributed by atoms with Crippen LogP contribution in [0.1, 0.15) is 63.5 Å². The molecular formula is C26H36Br2N4. The molecule has 8 rings (SSSR count). The van der Waals surface area contributed by atoms with E-state index in [-0.39, 0.29) is 34.0 Å². The molecular weight excluding hydrogens is 528 g/mol. The van der Waals surface area contributed by atoms with Gasteiger partial charge < -0.3 is 9.47 Å². The maximum absolute atomic E-state index is 5.41. The molecule has 0 spiro atoms. The topological polar surface area (TPSA) is 25.5 Å². The van der Waals surface area contributed by atoms with Gasteiger partial charge in [0.15, 0.2) is 0 Å². The highest BCUT2D eigenvalue weighted by Gasteiger charge is 2.52. The number of rotatable bonds is 4. The van der Waals surface area contributed by atoms with E-state index in [0.29, 0.717) is 5.41 Å². The van der Waals surface area contributed by atoms with Crippen molar-refractivity contribution in [2.45, 2.75) is 69.7 Å². The van der Waals surface area contributed by atoms with Crippen molar-refractivity contribution in [1.82, 2.24) is 18.9 Å². The number of aromatic nitrogens is 3. The Morgan fingerprint density at radius 3 is 2.09 bits per heavy atom. The van der Waals surface area contributed by atoms with Crippen molar-refractivity contribution in [3.63, 3.8) is 0 Å². The van der Waals surface area contributed by atoms with Gasteiger partial charge in [-0.3, -0.25) is 4.40 Å². The number of hydrogen-bond donors (Lipinski definition) is 0. The molecule has 4 saturated carbocycles. The molecule has 1 saturated heterocycles. The summed E-state index contributed by atoms with van der Waals surface area (Å²) in [4.78, 5) is 8.06. The van der Waals surface area contributed by atoms with Crippen LogP contribution < -0.4 is 0 Å². The Labute approximate surface area is 212 Å². The molecule has 2 aromatic heterocycles. The van der Waals surface area contributed by atoms with Crippen LogP contribution in [0.4, 0.5) is 0 Å². The van der Waals surface area contributed by atoms with Gasteiger partial charge in [-0.2, -0.15) is 0 Å². The van der Waals surface area contributed by atoms with Gasteiger partial charge in [-0.05, 0) is 94.3 Å². The molecule has 0 atom stereocenters. The van der Waals surface area contributed by atoms with Crippen LogP contribution in [0.15, 0.2) is 30.5 Å². The fraction of sp³-hybridized carbons (Fsp3) is 0.654. The lowest BCUT2D eigenvalue weighted by molar-refractivity contribution is -0.00698. The van der Waals surface area contributed by atoms with Crippen LogP contribution in [0.3, 0.4) is 0 Å². The number of benzene rings is 1. The first-order valence-corrected chi connectivity index (χ1v) is 12.5. The summed E-state index contributed by atoms with van der Waals surface area (Å²) in [6.45, 7) is 4.73. The van der Waals surface area contributed by atoms with Gasteiger partial charge in [0.05, 0.1) is 16.7 Å². The zero-order valence-corrected chi connectivity index (χ0v) is 22.3. The molecule has 3 heterocycles. The van der Waals surface area contributed by atoms with Crippen molar-refractivity contribution >= 4 is 50.8 Å². The van der Waals surface area contributed by atoms with Crippen LogP contribution in [0.2, 0.25) is 0 Å². The first-order chi connectivity index (χ1) is 14.8. The van der Waals surface area contributed by atoms with Crippen LogP contribution >= 0.6 is 34.0 Å². The molecule has 0 unspecified atom stereocenters. The van der Waals surface area contributed by atoms with E-state index in [1.54, 1.807) is 0 Å². The molecule has 4 bridgehead atoms. The van der Waals surface area contributed by atoms with Crippen molar-refractivity contribution in [3.8, 4) is 0 Å². The molecule has 5 aliphatic rings. The minimum absolute atomic E-state index is 0. The number of fused-ring (bicyclic) bond motifs is 3. The van der Waals surface area contributed by atoms with E-state index in [9.17, 15) is 0 Å². The van der Waals surface area contributed by atoms with E-state index >= 15 is 0 Å². The largest absolute Gasteiger partial charge is 0.308 e. The summed E-state index contributed by atoms with van der Waals surface area (Å²) >= 11 is 0. The van der Waals surface area contributed by atoms with Crippen molar-refractivity contribution in [2.75, 3.05) is 19.6 Å². The van der Waals surface area contributed by atoms with Gasteiger partial charge in [-0.1, -0.05) is 18.6 Å². The van der Waals surface area contributed by atoms with Gasteiger partial charge in [0.1, 0.15) is 0 Å². The summed E-state index contributed by atoms with van der Waals surface area (Å²) in [5, 5.41) is 0. The number of likely N-dealkylation sites (tertiary alicyclic amines) is 1. The molecule has 4 aliphatic carbocycles. The fourth-order valence-corrected chi connectivity index (χ4v) is 8.07. The zero-order valence-electron chi connectivity index (χ0n) is 18.9. The summed E-state index contributed by atoms with van der Waals surface area (Å²) in [7, 11) is 0. The van der Waals surface area contributed by atoms with Crippen LogP contribution in [-0.2, 0) is 12.0 Å². The van der Waals surface area contributed by atoms with E-state index < -0.39 is 0 Å². The van der Waals surface area contributed by atoms with Crippen LogP contribution in [-0.4, -0.2) is 38.5 Å². The standard InChI is InChI=1S/C26H34N4.2BrH/c1-4-8-28(9-5-1)10-11-29-22-6-2-3-7-23(22)30-18-24(27-25(29)30)26-15-19-12-20(16-26)14-21(13-19)17-26;;/h2-3,6-7,18-21H,1,4-5,8-17H2;2*1H. The highest BCUT2D eigenvalue weighted by molar-refractivity contribution is 8.93. The van der Waals surface area contributed by atoms with Gasteiger partial charge in [-0.25, -0.2) is 4.98 Å². The van der Waals surface area contributed by atoms with E-state index in [1.165, 1.54) is 93.4 Å². The van der Waals surface area contributed by atoms with Crippen molar-refractivity contribution < 1.29 is 0 Å². The number of para-hydroxylation sites is 2. The Bertz CT molecular complexity index is 1060. The lowest BCUT2D eigenvalue weighted by Gasteiger charge is -2.56. The summed E-state index contributed by atoms with van der Waals surface area (Å²) in [5.41, 5.74) is 4.46. The summed E-state index contributed by atoms with van der Waals surface area (Å²) in [6.07, 6.45) is 15.2. The molecule has 32 heavy (non-hydrogen) atoms. The first kappa shape index (κ1) is 22.9. The lowest BCUT2D eigenvalue weighted by atomic mass is 9.49. The Hall–Kier alpha value is -0.850. The van der Waals surface area contributed by atoms with Gasteiger partial charge in [-0.15, -0.1) is 34.0 Å². The van der Waals surface area contributed by atoms with Crippen LogP contribution in [0.25, 0.3) is 16.8 Å². The molecule has 6 heteroatoms. The molecule has 174 valence electrons. The Balaban J connectivity index is 0.00000108. The first-order valence-electron chi connectivity index (χ1n) is 12.5. The minimum atomic E-state index is 0. The van der Waals surface area contributed by atoms with E-state index in [2.05, 4.69) is 44.3 Å². The van der Waals surface area contributed by atoms with Crippen LogP contribution in [0.5, 0.6) is 0 Å². The molecule has 4 nitrogen and oxygen atoms in total. The molecule has 1 aromatic carbocycles. The second kappa shape index (κ2) is 8.74. The SMILES string of the molecule is Br.Br.c1ccc2c(c1)n(CCN1CCCCC1)c1nc(C34CC5CC(CC(C5)C3)C4)cn21. The second-order valence-electron chi connectivity index (χ2n) is 11.0. The van der Waals surface area contributed by atoms with Gasteiger partial charge in [0.2, 0.25) is 5.78 Å². The van der Waals surface area contributed by atoms with Gasteiger partial charge in [0, 0.05) is 24.7 Å². The number of piperidine rings is 1. The number of imidazole rings is 2. The average Bonchev–Trinajstić information content (AvgIpc) is 3.31. The lowest BCUT2D eigenvalue weighted by Crippen LogP contribution is -2.48. The van der Waals surface area contributed by atoms with Crippen LogP contribution in [0, 0.1) is 17.8 Å². The molecule has 0 amide bonds. The summed E-state index contributed by atoms with van der Waals surface area (Å²) in [6, 6.07) is 8.93. The Kier molecular flexibility index (Phi) is 6.26. The third-order valence-corrected chi connectivity index (χ3v) is 9.03. The zero-order chi connectivity index (χ0) is 19.7. The average molecular weight is 564 g/mol. The van der Waals surface area contributed by atoms with Gasteiger partial charge >= 0.3 is 0 Å². The molecule has 0 N–H and O–H groups in total. The Morgan fingerprint density at radius 2 is 1.44 bits per heavy atom. The fourth-order valence-electron chi connectivity index (χ4n) is 8.07. The maximum Gasteiger partial charge on any atom is 0.215 e. The van der Waals surface area contributed by atoms with Crippen molar-refractivity contribution in [2.24, 2.45) is 17.8 Å². The quantitative estimate of drug-likeness (QED) is 0.367. The monoisotopic (exact) mass is 562 g/mol.